The number of rotatable bonds is 2. The first-order chi connectivity index (χ1) is 8.65. The SMILES string of the molecule is O=C(O)c1c(Br)cccc1N1CC2CCC(C1)O2. The van der Waals surface area contributed by atoms with Crippen molar-refractivity contribution in [1.29, 1.82) is 0 Å². The summed E-state index contributed by atoms with van der Waals surface area (Å²) in [6, 6.07) is 5.52. The smallest absolute Gasteiger partial charge is 0.338 e. The Bertz CT molecular complexity index is 479. The molecule has 1 N–H and O–H groups in total. The molecule has 0 aromatic heterocycles. The summed E-state index contributed by atoms with van der Waals surface area (Å²) < 4.78 is 6.41. The van der Waals surface area contributed by atoms with Crippen molar-refractivity contribution >= 4 is 27.6 Å². The van der Waals surface area contributed by atoms with Crippen LogP contribution in [0.4, 0.5) is 5.69 Å². The lowest BCUT2D eigenvalue weighted by Crippen LogP contribution is -2.43. The van der Waals surface area contributed by atoms with E-state index in [0.29, 0.717) is 10.0 Å². The van der Waals surface area contributed by atoms with Gasteiger partial charge in [0.1, 0.15) is 0 Å². The minimum Gasteiger partial charge on any atom is -0.478 e. The van der Waals surface area contributed by atoms with E-state index in [4.69, 9.17) is 4.74 Å². The highest BCUT2D eigenvalue weighted by atomic mass is 79.9. The van der Waals surface area contributed by atoms with Crippen LogP contribution < -0.4 is 4.90 Å². The molecule has 96 valence electrons. The van der Waals surface area contributed by atoms with Crippen LogP contribution in [-0.2, 0) is 4.74 Å². The lowest BCUT2D eigenvalue weighted by molar-refractivity contribution is 0.0303. The van der Waals surface area contributed by atoms with Gasteiger partial charge in [-0.2, -0.15) is 0 Å². The molecule has 4 nitrogen and oxygen atoms in total. The van der Waals surface area contributed by atoms with E-state index in [1.165, 1.54) is 0 Å². The van der Waals surface area contributed by atoms with Gasteiger partial charge in [0.2, 0.25) is 0 Å². The molecule has 2 fully saturated rings. The Balaban J connectivity index is 1.97. The molecule has 1 aromatic rings. The molecule has 2 aliphatic rings. The summed E-state index contributed by atoms with van der Waals surface area (Å²) in [7, 11) is 0. The van der Waals surface area contributed by atoms with Gasteiger partial charge in [-0.15, -0.1) is 0 Å². The second-order valence-electron chi connectivity index (χ2n) is 4.80. The van der Waals surface area contributed by atoms with Gasteiger partial charge < -0.3 is 14.7 Å². The molecule has 1 aromatic carbocycles. The van der Waals surface area contributed by atoms with Gasteiger partial charge >= 0.3 is 5.97 Å². The average molecular weight is 312 g/mol. The molecule has 18 heavy (non-hydrogen) atoms. The zero-order valence-electron chi connectivity index (χ0n) is 9.80. The third-order valence-corrected chi connectivity index (χ3v) is 4.25. The Kier molecular flexibility index (Phi) is 3.03. The predicted octanol–water partition coefficient (Wildman–Crippen LogP) is 2.51. The van der Waals surface area contributed by atoms with E-state index in [0.717, 1.165) is 31.6 Å². The maximum absolute atomic E-state index is 11.4. The van der Waals surface area contributed by atoms with Crippen LogP contribution in [0.25, 0.3) is 0 Å². The van der Waals surface area contributed by atoms with Gasteiger partial charge in [-0.3, -0.25) is 0 Å². The second-order valence-corrected chi connectivity index (χ2v) is 5.66. The molecule has 0 radical (unpaired) electrons. The van der Waals surface area contributed by atoms with Crippen LogP contribution in [0, 0.1) is 0 Å². The largest absolute Gasteiger partial charge is 0.478 e. The number of aromatic carboxylic acids is 1. The van der Waals surface area contributed by atoms with Gasteiger partial charge in [0.15, 0.2) is 0 Å². The van der Waals surface area contributed by atoms with Crippen molar-refractivity contribution in [3.05, 3.63) is 28.2 Å². The monoisotopic (exact) mass is 311 g/mol. The Morgan fingerprint density at radius 2 is 2.00 bits per heavy atom. The first kappa shape index (κ1) is 12.0. The molecule has 2 aliphatic heterocycles. The Morgan fingerprint density at radius 1 is 1.33 bits per heavy atom. The number of carbonyl (C=O) groups is 1. The maximum atomic E-state index is 11.4. The minimum absolute atomic E-state index is 0.254. The van der Waals surface area contributed by atoms with Crippen LogP contribution in [0.3, 0.4) is 0 Å². The van der Waals surface area contributed by atoms with Crippen LogP contribution in [-0.4, -0.2) is 36.4 Å². The van der Waals surface area contributed by atoms with Crippen molar-refractivity contribution in [3.8, 4) is 0 Å². The number of ether oxygens (including phenoxy) is 1. The molecule has 0 amide bonds. The van der Waals surface area contributed by atoms with Gasteiger partial charge in [0, 0.05) is 17.6 Å². The van der Waals surface area contributed by atoms with E-state index in [2.05, 4.69) is 20.8 Å². The lowest BCUT2D eigenvalue weighted by atomic mass is 10.1. The van der Waals surface area contributed by atoms with Gasteiger partial charge in [-0.1, -0.05) is 6.07 Å². The fourth-order valence-corrected chi connectivity index (χ4v) is 3.32. The van der Waals surface area contributed by atoms with Crippen LogP contribution in [0.2, 0.25) is 0 Å². The van der Waals surface area contributed by atoms with E-state index in [-0.39, 0.29) is 12.2 Å². The topological polar surface area (TPSA) is 49.8 Å². The molecule has 2 unspecified atom stereocenters. The first-order valence-corrected chi connectivity index (χ1v) is 6.86. The zero-order valence-corrected chi connectivity index (χ0v) is 11.4. The van der Waals surface area contributed by atoms with Crippen molar-refractivity contribution in [1.82, 2.24) is 0 Å². The second kappa shape index (κ2) is 4.55. The van der Waals surface area contributed by atoms with E-state index in [1.807, 2.05) is 12.1 Å². The summed E-state index contributed by atoms with van der Waals surface area (Å²) in [5.74, 6) is -0.892. The molecule has 0 aliphatic carbocycles. The number of nitrogens with zero attached hydrogens (tertiary/aromatic N) is 1. The number of anilines is 1. The summed E-state index contributed by atoms with van der Waals surface area (Å²) in [5.41, 5.74) is 1.14. The van der Waals surface area contributed by atoms with Gasteiger partial charge in [0.25, 0.3) is 0 Å². The number of hydrogen-bond donors (Lipinski definition) is 1. The van der Waals surface area contributed by atoms with Crippen molar-refractivity contribution < 1.29 is 14.6 Å². The molecule has 3 rings (SSSR count). The van der Waals surface area contributed by atoms with Crippen LogP contribution in [0.5, 0.6) is 0 Å². The molecule has 2 saturated heterocycles. The third kappa shape index (κ3) is 2.01. The van der Waals surface area contributed by atoms with Gasteiger partial charge in [0.05, 0.1) is 23.5 Å². The molecule has 5 heteroatoms. The van der Waals surface area contributed by atoms with Crippen molar-refractivity contribution in [2.45, 2.75) is 25.0 Å². The van der Waals surface area contributed by atoms with Crippen LogP contribution in [0.15, 0.2) is 22.7 Å². The third-order valence-electron chi connectivity index (χ3n) is 3.59. The number of carboxylic acids is 1. The fraction of sp³-hybridized carbons (Fsp3) is 0.462. The molecular formula is C13H14BrNO3. The Morgan fingerprint density at radius 3 is 2.61 bits per heavy atom. The summed E-state index contributed by atoms with van der Waals surface area (Å²) in [4.78, 5) is 13.5. The number of fused-ring (bicyclic) bond motifs is 2. The van der Waals surface area contributed by atoms with Crippen LogP contribution >= 0.6 is 15.9 Å². The minimum atomic E-state index is -0.892. The quantitative estimate of drug-likeness (QED) is 0.912. The summed E-state index contributed by atoms with van der Waals surface area (Å²) in [5, 5.41) is 9.34. The molecule has 2 bridgehead atoms. The molecule has 2 atom stereocenters. The number of morpholine rings is 1. The average Bonchev–Trinajstić information content (AvgIpc) is 2.67. The normalized spacial score (nSPS) is 26.4. The van der Waals surface area contributed by atoms with E-state index < -0.39 is 5.97 Å². The standard InChI is InChI=1S/C13H14BrNO3/c14-10-2-1-3-11(12(10)13(16)17)15-6-8-4-5-9(7-15)18-8/h1-3,8-9H,4-7H2,(H,16,17). The number of benzene rings is 1. The number of hydrogen-bond acceptors (Lipinski definition) is 3. The Labute approximate surface area is 114 Å². The summed E-state index contributed by atoms with van der Waals surface area (Å²) >= 11 is 3.32. The van der Waals surface area contributed by atoms with Crippen molar-refractivity contribution in [2.24, 2.45) is 0 Å². The van der Waals surface area contributed by atoms with Gasteiger partial charge in [-0.25, -0.2) is 4.79 Å². The Hall–Kier alpha value is -1.07. The first-order valence-electron chi connectivity index (χ1n) is 6.07. The van der Waals surface area contributed by atoms with Crippen molar-refractivity contribution in [3.63, 3.8) is 0 Å². The highest BCUT2D eigenvalue weighted by Crippen LogP contribution is 2.33. The number of halogens is 1. The summed E-state index contributed by atoms with van der Waals surface area (Å²) in [6.45, 7) is 1.57. The highest BCUT2D eigenvalue weighted by molar-refractivity contribution is 9.10. The zero-order chi connectivity index (χ0) is 12.7. The van der Waals surface area contributed by atoms with Crippen LogP contribution in [0.1, 0.15) is 23.2 Å². The highest BCUT2D eigenvalue weighted by Gasteiger charge is 2.35. The fourth-order valence-electron chi connectivity index (χ4n) is 2.80. The lowest BCUT2D eigenvalue weighted by Gasteiger charge is -2.34. The van der Waals surface area contributed by atoms with E-state index >= 15 is 0 Å². The van der Waals surface area contributed by atoms with Gasteiger partial charge in [-0.05, 0) is 40.9 Å². The van der Waals surface area contributed by atoms with E-state index in [9.17, 15) is 9.90 Å². The van der Waals surface area contributed by atoms with E-state index in [1.54, 1.807) is 6.07 Å². The molecule has 0 spiro atoms. The predicted molar refractivity (Wildman–Crippen MR) is 71.2 cm³/mol. The summed E-state index contributed by atoms with van der Waals surface area (Å²) in [6.07, 6.45) is 2.67. The van der Waals surface area contributed by atoms with Crippen molar-refractivity contribution in [2.75, 3.05) is 18.0 Å². The molecule has 2 heterocycles. The molecular weight excluding hydrogens is 298 g/mol. The number of carboxylic acid groups (broad SMARTS) is 1. The maximum Gasteiger partial charge on any atom is 0.338 e. The molecule has 0 saturated carbocycles.